The largest absolute Gasteiger partial charge is 0.496 e. The molecular formula is C14H20O3. The van der Waals surface area contributed by atoms with Crippen molar-refractivity contribution in [3.63, 3.8) is 0 Å². The van der Waals surface area contributed by atoms with Crippen LogP contribution in [0.5, 0.6) is 11.5 Å². The first-order chi connectivity index (χ1) is 8.19. The number of carbonyl (C=O) groups is 1. The minimum atomic E-state index is 0.0280. The van der Waals surface area contributed by atoms with Crippen molar-refractivity contribution in [2.75, 3.05) is 14.2 Å². The highest BCUT2D eigenvalue weighted by Gasteiger charge is 2.23. The third kappa shape index (κ3) is 2.78. The molecule has 1 rings (SSSR count). The van der Waals surface area contributed by atoms with Gasteiger partial charge in [-0.25, -0.2) is 0 Å². The van der Waals surface area contributed by atoms with Gasteiger partial charge in [-0.05, 0) is 25.0 Å². The molecule has 3 heteroatoms. The van der Waals surface area contributed by atoms with E-state index >= 15 is 0 Å². The molecule has 0 aliphatic rings. The standard InChI is InChI=1S/C14H20O3/c1-5-10(6-2)14(15)13-11(16-3)8-7-9-12(13)17-4/h7-10H,5-6H2,1-4H3. The van der Waals surface area contributed by atoms with Crippen molar-refractivity contribution < 1.29 is 14.3 Å². The average molecular weight is 236 g/mol. The van der Waals surface area contributed by atoms with E-state index in [1.807, 2.05) is 19.9 Å². The van der Waals surface area contributed by atoms with Crippen molar-refractivity contribution in [2.24, 2.45) is 5.92 Å². The topological polar surface area (TPSA) is 35.5 Å². The molecule has 0 unspecified atom stereocenters. The summed E-state index contributed by atoms with van der Waals surface area (Å²) < 4.78 is 10.5. The molecule has 1 aromatic carbocycles. The Hall–Kier alpha value is -1.51. The second-order valence-corrected chi connectivity index (χ2v) is 3.92. The number of hydrogen-bond donors (Lipinski definition) is 0. The van der Waals surface area contributed by atoms with E-state index in [0.717, 1.165) is 12.8 Å². The van der Waals surface area contributed by atoms with Crippen molar-refractivity contribution in [3.8, 4) is 11.5 Å². The number of benzene rings is 1. The third-order valence-electron chi connectivity index (χ3n) is 3.03. The molecule has 0 N–H and O–H groups in total. The fourth-order valence-electron chi connectivity index (χ4n) is 1.96. The van der Waals surface area contributed by atoms with Crippen LogP contribution in [-0.2, 0) is 0 Å². The predicted octanol–water partition coefficient (Wildman–Crippen LogP) is 3.32. The quantitative estimate of drug-likeness (QED) is 0.711. The zero-order valence-electron chi connectivity index (χ0n) is 10.9. The lowest BCUT2D eigenvalue weighted by Gasteiger charge is -2.16. The first-order valence-electron chi connectivity index (χ1n) is 5.94. The minimum absolute atomic E-state index is 0.0280. The molecular weight excluding hydrogens is 216 g/mol. The Bertz CT molecular complexity index is 359. The van der Waals surface area contributed by atoms with Crippen LogP contribution >= 0.6 is 0 Å². The van der Waals surface area contributed by atoms with E-state index in [4.69, 9.17) is 9.47 Å². The van der Waals surface area contributed by atoms with E-state index in [9.17, 15) is 4.79 Å². The number of carbonyl (C=O) groups excluding carboxylic acids is 1. The van der Waals surface area contributed by atoms with E-state index in [-0.39, 0.29) is 11.7 Å². The van der Waals surface area contributed by atoms with Gasteiger partial charge in [-0.2, -0.15) is 0 Å². The van der Waals surface area contributed by atoms with E-state index < -0.39 is 0 Å². The van der Waals surface area contributed by atoms with Crippen molar-refractivity contribution in [3.05, 3.63) is 23.8 Å². The second kappa shape index (κ2) is 6.28. The summed E-state index contributed by atoms with van der Waals surface area (Å²) >= 11 is 0. The zero-order chi connectivity index (χ0) is 12.8. The Morgan fingerprint density at radius 2 is 1.59 bits per heavy atom. The maximum absolute atomic E-state index is 12.4. The van der Waals surface area contributed by atoms with Crippen molar-refractivity contribution in [1.82, 2.24) is 0 Å². The van der Waals surface area contributed by atoms with E-state index in [1.54, 1.807) is 26.4 Å². The van der Waals surface area contributed by atoms with Crippen LogP contribution in [-0.4, -0.2) is 20.0 Å². The van der Waals surface area contributed by atoms with Gasteiger partial charge in [0.2, 0.25) is 0 Å². The third-order valence-corrected chi connectivity index (χ3v) is 3.03. The van der Waals surface area contributed by atoms with Gasteiger partial charge in [0.25, 0.3) is 0 Å². The first kappa shape index (κ1) is 13.6. The molecule has 94 valence electrons. The average Bonchev–Trinajstić information content (AvgIpc) is 2.38. The Morgan fingerprint density at radius 1 is 1.12 bits per heavy atom. The van der Waals surface area contributed by atoms with E-state index in [2.05, 4.69) is 0 Å². The fourth-order valence-corrected chi connectivity index (χ4v) is 1.96. The van der Waals surface area contributed by atoms with Crippen LogP contribution < -0.4 is 9.47 Å². The first-order valence-corrected chi connectivity index (χ1v) is 5.94. The summed E-state index contributed by atoms with van der Waals surface area (Å²) in [6.45, 7) is 4.04. The molecule has 1 aromatic rings. The molecule has 0 aliphatic heterocycles. The molecule has 0 saturated carbocycles. The van der Waals surface area contributed by atoms with E-state index in [1.165, 1.54) is 0 Å². The second-order valence-electron chi connectivity index (χ2n) is 3.92. The maximum Gasteiger partial charge on any atom is 0.173 e. The lowest BCUT2D eigenvalue weighted by molar-refractivity contribution is 0.0907. The highest BCUT2D eigenvalue weighted by Crippen LogP contribution is 2.31. The van der Waals surface area contributed by atoms with Crippen LogP contribution in [0, 0.1) is 5.92 Å². The van der Waals surface area contributed by atoms with Gasteiger partial charge in [0.05, 0.1) is 14.2 Å². The molecule has 0 fully saturated rings. The normalized spacial score (nSPS) is 10.4. The van der Waals surface area contributed by atoms with Crippen molar-refractivity contribution in [2.45, 2.75) is 26.7 Å². The van der Waals surface area contributed by atoms with Gasteiger partial charge in [-0.15, -0.1) is 0 Å². The molecule has 17 heavy (non-hydrogen) atoms. The van der Waals surface area contributed by atoms with Crippen LogP contribution in [0.25, 0.3) is 0 Å². The monoisotopic (exact) mass is 236 g/mol. The lowest BCUT2D eigenvalue weighted by Crippen LogP contribution is -2.15. The molecule has 0 aromatic heterocycles. The van der Waals surface area contributed by atoms with Gasteiger partial charge in [0.15, 0.2) is 5.78 Å². The molecule has 0 bridgehead atoms. The summed E-state index contributed by atoms with van der Waals surface area (Å²) in [6, 6.07) is 5.40. The number of hydrogen-bond acceptors (Lipinski definition) is 3. The number of rotatable bonds is 6. The van der Waals surface area contributed by atoms with E-state index in [0.29, 0.717) is 17.1 Å². The van der Waals surface area contributed by atoms with Gasteiger partial charge in [0, 0.05) is 5.92 Å². The van der Waals surface area contributed by atoms with Gasteiger partial charge in [-0.1, -0.05) is 19.9 Å². The molecule has 0 atom stereocenters. The molecule has 0 aliphatic carbocycles. The Labute approximate surface area is 103 Å². The Morgan fingerprint density at radius 3 is 1.94 bits per heavy atom. The number of ketones is 1. The van der Waals surface area contributed by atoms with Crippen LogP contribution in [0.2, 0.25) is 0 Å². The van der Waals surface area contributed by atoms with Gasteiger partial charge in [-0.3, -0.25) is 4.79 Å². The number of ether oxygens (including phenoxy) is 2. The van der Waals surface area contributed by atoms with Crippen LogP contribution in [0.3, 0.4) is 0 Å². The summed E-state index contributed by atoms with van der Waals surface area (Å²) in [5.41, 5.74) is 0.561. The Balaban J connectivity index is 3.22. The lowest BCUT2D eigenvalue weighted by atomic mass is 9.92. The number of Topliss-reactive ketones (excluding diaryl/α,β-unsaturated/α-hetero) is 1. The number of methoxy groups -OCH3 is 2. The van der Waals surface area contributed by atoms with Gasteiger partial charge in [0.1, 0.15) is 17.1 Å². The SMILES string of the molecule is CCC(CC)C(=O)c1c(OC)cccc1OC. The highest BCUT2D eigenvalue weighted by molar-refractivity contribution is 6.02. The molecule has 0 radical (unpaired) electrons. The van der Waals surface area contributed by atoms with Crippen LogP contribution in [0.15, 0.2) is 18.2 Å². The molecule has 0 amide bonds. The van der Waals surface area contributed by atoms with Gasteiger partial charge < -0.3 is 9.47 Å². The van der Waals surface area contributed by atoms with Crippen molar-refractivity contribution >= 4 is 5.78 Å². The van der Waals surface area contributed by atoms with Crippen LogP contribution in [0.4, 0.5) is 0 Å². The summed E-state index contributed by atoms with van der Waals surface area (Å²) in [4.78, 5) is 12.4. The predicted molar refractivity (Wildman–Crippen MR) is 67.9 cm³/mol. The molecule has 0 spiro atoms. The minimum Gasteiger partial charge on any atom is -0.496 e. The van der Waals surface area contributed by atoms with Crippen molar-refractivity contribution in [1.29, 1.82) is 0 Å². The fraction of sp³-hybridized carbons (Fsp3) is 0.500. The summed E-state index contributed by atoms with van der Waals surface area (Å²) in [7, 11) is 3.14. The molecule has 3 nitrogen and oxygen atoms in total. The molecule has 0 heterocycles. The summed E-state index contributed by atoms with van der Waals surface area (Å²) in [6.07, 6.45) is 1.66. The maximum atomic E-state index is 12.4. The highest BCUT2D eigenvalue weighted by atomic mass is 16.5. The molecule has 0 saturated heterocycles. The zero-order valence-corrected chi connectivity index (χ0v) is 10.9. The van der Waals surface area contributed by atoms with Crippen LogP contribution in [0.1, 0.15) is 37.0 Å². The van der Waals surface area contributed by atoms with Gasteiger partial charge >= 0.3 is 0 Å². The summed E-state index contributed by atoms with van der Waals surface area (Å²) in [5.74, 6) is 1.30. The summed E-state index contributed by atoms with van der Waals surface area (Å²) in [5, 5.41) is 0. The smallest absolute Gasteiger partial charge is 0.173 e. The Kier molecular flexibility index (Phi) is 5.01.